The van der Waals surface area contributed by atoms with Gasteiger partial charge in [0.25, 0.3) is 0 Å². The van der Waals surface area contributed by atoms with E-state index in [-0.39, 0.29) is 29.3 Å². The normalized spacial score (nSPS) is 20.3. The summed E-state index contributed by atoms with van der Waals surface area (Å²) in [6.45, 7) is 0.706. The number of alkyl halides is 2. The standard InChI is InChI=1S/C15H14F2N4O4S/c16-15(17)24-9-4-3-8(6-11(9)25-15)18-12(22)7-26-14-19-13(20-21-14)10-2-1-5-23-10/h3-4,6,10H,1-2,5,7H2,(H,18,22)(H,19,20,21)/t10-/m1/s1. The van der Waals surface area contributed by atoms with Crippen LogP contribution < -0.4 is 14.8 Å². The molecule has 8 nitrogen and oxygen atoms in total. The number of amides is 1. The van der Waals surface area contributed by atoms with Gasteiger partial charge in [0.15, 0.2) is 17.3 Å². The predicted octanol–water partition coefficient (Wildman–Crippen LogP) is 2.71. The highest BCUT2D eigenvalue weighted by molar-refractivity contribution is 7.99. The van der Waals surface area contributed by atoms with Gasteiger partial charge in [0, 0.05) is 18.4 Å². The summed E-state index contributed by atoms with van der Waals surface area (Å²) in [5.41, 5.74) is 0.325. The number of nitrogens with zero attached hydrogens (tertiary/aromatic N) is 2. The van der Waals surface area contributed by atoms with E-state index < -0.39 is 6.29 Å². The Labute approximate surface area is 150 Å². The largest absolute Gasteiger partial charge is 0.586 e. The minimum atomic E-state index is -3.69. The lowest BCUT2D eigenvalue weighted by molar-refractivity contribution is -0.286. The highest BCUT2D eigenvalue weighted by Gasteiger charge is 2.43. The molecule has 0 aliphatic carbocycles. The molecule has 2 N–H and O–H groups in total. The first-order valence-electron chi connectivity index (χ1n) is 7.85. The number of thioether (sulfide) groups is 1. The summed E-state index contributed by atoms with van der Waals surface area (Å²) in [6.07, 6.45) is -1.88. The Morgan fingerprint density at radius 3 is 3.04 bits per heavy atom. The van der Waals surface area contributed by atoms with Crippen molar-refractivity contribution in [2.45, 2.75) is 30.4 Å². The molecular formula is C15H14F2N4O4S. The number of aromatic amines is 1. The first-order chi connectivity index (χ1) is 12.5. The van der Waals surface area contributed by atoms with Crippen LogP contribution in [0.1, 0.15) is 24.8 Å². The summed E-state index contributed by atoms with van der Waals surface area (Å²) in [5, 5.41) is 9.91. The average molecular weight is 384 g/mol. The number of rotatable bonds is 5. The van der Waals surface area contributed by atoms with Crippen LogP contribution in [0.5, 0.6) is 11.5 Å². The van der Waals surface area contributed by atoms with Gasteiger partial charge in [-0.2, -0.15) is 0 Å². The van der Waals surface area contributed by atoms with Crippen molar-refractivity contribution in [3.8, 4) is 11.5 Å². The van der Waals surface area contributed by atoms with Gasteiger partial charge >= 0.3 is 6.29 Å². The molecule has 1 fully saturated rings. The summed E-state index contributed by atoms with van der Waals surface area (Å²) in [5.74, 6) is 0.180. The Bertz CT molecular complexity index is 826. The Hall–Kier alpha value is -2.40. The van der Waals surface area contributed by atoms with Gasteiger partial charge in [-0.1, -0.05) is 11.8 Å². The number of benzene rings is 1. The summed E-state index contributed by atoms with van der Waals surface area (Å²) < 4.78 is 40.1. The maximum absolute atomic E-state index is 13.0. The van der Waals surface area contributed by atoms with Gasteiger partial charge in [0.05, 0.1) is 5.75 Å². The van der Waals surface area contributed by atoms with Gasteiger partial charge in [-0.25, -0.2) is 4.98 Å². The summed E-state index contributed by atoms with van der Waals surface area (Å²) in [4.78, 5) is 16.3. The molecule has 138 valence electrons. The van der Waals surface area contributed by atoms with Crippen LogP contribution >= 0.6 is 11.8 Å². The molecule has 2 aromatic rings. The van der Waals surface area contributed by atoms with Crippen LogP contribution in [0.15, 0.2) is 23.4 Å². The second kappa shape index (κ2) is 6.72. The third-order valence-electron chi connectivity index (χ3n) is 3.73. The molecule has 1 aromatic heterocycles. The second-order valence-electron chi connectivity index (χ2n) is 5.67. The number of hydrogen-bond donors (Lipinski definition) is 2. The molecule has 1 atom stereocenters. The Morgan fingerprint density at radius 2 is 2.23 bits per heavy atom. The number of nitrogens with one attached hydrogen (secondary N) is 2. The summed E-state index contributed by atoms with van der Waals surface area (Å²) in [7, 11) is 0. The highest BCUT2D eigenvalue weighted by atomic mass is 32.2. The first-order valence-corrected chi connectivity index (χ1v) is 8.83. The van der Waals surface area contributed by atoms with E-state index in [0.717, 1.165) is 24.6 Å². The van der Waals surface area contributed by atoms with E-state index in [1.165, 1.54) is 18.2 Å². The molecule has 3 heterocycles. The van der Waals surface area contributed by atoms with E-state index in [0.29, 0.717) is 23.3 Å². The fourth-order valence-corrected chi connectivity index (χ4v) is 3.22. The number of H-pyrrole nitrogens is 1. The van der Waals surface area contributed by atoms with Crippen molar-refractivity contribution < 1.29 is 27.8 Å². The van der Waals surface area contributed by atoms with Crippen LogP contribution in [0.25, 0.3) is 0 Å². The molecule has 11 heteroatoms. The van der Waals surface area contributed by atoms with Gasteiger partial charge < -0.3 is 19.5 Å². The topological polar surface area (TPSA) is 98.4 Å². The quantitative estimate of drug-likeness (QED) is 0.765. The maximum atomic E-state index is 13.0. The monoisotopic (exact) mass is 384 g/mol. The van der Waals surface area contributed by atoms with Crippen LogP contribution in [0.3, 0.4) is 0 Å². The van der Waals surface area contributed by atoms with Crippen molar-refractivity contribution in [1.82, 2.24) is 15.2 Å². The molecule has 1 amide bonds. The lowest BCUT2D eigenvalue weighted by atomic mass is 10.2. The zero-order valence-electron chi connectivity index (χ0n) is 13.3. The number of halogens is 2. The van der Waals surface area contributed by atoms with Crippen molar-refractivity contribution in [3.63, 3.8) is 0 Å². The van der Waals surface area contributed by atoms with Crippen LogP contribution in [0.2, 0.25) is 0 Å². The van der Waals surface area contributed by atoms with E-state index in [4.69, 9.17) is 4.74 Å². The Balaban J connectivity index is 1.31. The zero-order valence-corrected chi connectivity index (χ0v) is 14.1. The van der Waals surface area contributed by atoms with Crippen molar-refractivity contribution in [2.75, 3.05) is 17.7 Å². The summed E-state index contributed by atoms with van der Waals surface area (Å²) >= 11 is 1.16. The fraction of sp³-hybridized carbons (Fsp3) is 0.400. The van der Waals surface area contributed by atoms with Crippen molar-refractivity contribution in [2.24, 2.45) is 0 Å². The van der Waals surface area contributed by atoms with E-state index in [1.807, 2.05) is 0 Å². The van der Waals surface area contributed by atoms with Crippen molar-refractivity contribution >= 4 is 23.4 Å². The average Bonchev–Trinajstić information content (AvgIpc) is 3.30. The second-order valence-corrected chi connectivity index (χ2v) is 6.61. The number of carbonyl (C=O) groups excluding carboxylic acids is 1. The number of fused-ring (bicyclic) bond motifs is 1. The molecule has 0 spiro atoms. The molecule has 1 saturated heterocycles. The zero-order chi connectivity index (χ0) is 18.1. The minimum absolute atomic E-state index is 0.0629. The SMILES string of the molecule is O=C(CSc1n[nH]c([C@H]2CCCO2)n1)Nc1ccc2c(c1)OC(F)(F)O2. The van der Waals surface area contributed by atoms with Crippen LogP contribution in [-0.2, 0) is 9.53 Å². The Morgan fingerprint density at radius 1 is 1.38 bits per heavy atom. The molecule has 1 aromatic carbocycles. The van der Waals surface area contributed by atoms with Crippen LogP contribution in [-0.4, -0.2) is 39.7 Å². The number of anilines is 1. The molecule has 0 unspecified atom stereocenters. The molecule has 0 bridgehead atoms. The molecule has 26 heavy (non-hydrogen) atoms. The highest BCUT2D eigenvalue weighted by Crippen LogP contribution is 2.42. The van der Waals surface area contributed by atoms with Gasteiger partial charge in [-0.05, 0) is 25.0 Å². The molecule has 0 radical (unpaired) electrons. The number of hydrogen-bond acceptors (Lipinski definition) is 7. The number of ether oxygens (including phenoxy) is 3. The maximum Gasteiger partial charge on any atom is 0.586 e. The fourth-order valence-electron chi connectivity index (χ4n) is 2.61. The Kier molecular flexibility index (Phi) is 4.41. The predicted molar refractivity (Wildman–Crippen MR) is 86.3 cm³/mol. The third-order valence-corrected chi connectivity index (χ3v) is 4.58. The number of carbonyl (C=O) groups is 1. The molecular weight excluding hydrogens is 370 g/mol. The van der Waals surface area contributed by atoms with Crippen LogP contribution in [0, 0.1) is 0 Å². The third kappa shape index (κ3) is 3.73. The molecule has 2 aliphatic rings. The van der Waals surface area contributed by atoms with Gasteiger partial charge in [-0.15, -0.1) is 13.9 Å². The van der Waals surface area contributed by atoms with E-state index in [1.54, 1.807) is 0 Å². The lowest BCUT2D eigenvalue weighted by Crippen LogP contribution is -2.25. The van der Waals surface area contributed by atoms with Crippen molar-refractivity contribution in [1.29, 1.82) is 0 Å². The molecule has 2 aliphatic heterocycles. The summed E-state index contributed by atoms with van der Waals surface area (Å²) in [6, 6.07) is 4.04. The van der Waals surface area contributed by atoms with Gasteiger partial charge in [-0.3, -0.25) is 9.89 Å². The van der Waals surface area contributed by atoms with E-state index in [9.17, 15) is 13.6 Å². The van der Waals surface area contributed by atoms with E-state index >= 15 is 0 Å². The molecule has 0 saturated carbocycles. The lowest BCUT2D eigenvalue weighted by Gasteiger charge is -2.05. The molecule has 4 rings (SSSR count). The smallest absolute Gasteiger partial charge is 0.395 e. The van der Waals surface area contributed by atoms with Gasteiger partial charge in [0.1, 0.15) is 6.10 Å². The van der Waals surface area contributed by atoms with Crippen molar-refractivity contribution in [3.05, 3.63) is 24.0 Å². The van der Waals surface area contributed by atoms with Crippen LogP contribution in [0.4, 0.5) is 14.5 Å². The minimum Gasteiger partial charge on any atom is -0.395 e. The first kappa shape index (κ1) is 17.0. The van der Waals surface area contributed by atoms with E-state index in [2.05, 4.69) is 30.0 Å². The number of aromatic nitrogens is 3. The van der Waals surface area contributed by atoms with Gasteiger partial charge in [0.2, 0.25) is 11.1 Å².